The van der Waals surface area contributed by atoms with E-state index in [2.05, 4.69) is 10.2 Å². The largest absolute Gasteiger partial charge is 0.507 e. The molecule has 2 heterocycles. The van der Waals surface area contributed by atoms with Crippen LogP contribution in [0.3, 0.4) is 0 Å². The molecule has 0 radical (unpaired) electrons. The summed E-state index contributed by atoms with van der Waals surface area (Å²) < 4.78 is 11.4. The fourth-order valence-electron chi connectivity index (χ4n) is 3.46. The molecule has 1 aromatic heterocycles. The number of thioether (sulfide) groups is 1. The Balaban J connectivity index is 1.41. The fourth-order valence-corrected chi connectivity index (χ4v) is 4.40. The first-order valence-corrected chi connectivity index (χ1v) is 11.9. The first-order chi connectivity index (χ1) is 17.7. The molecular formula is C28H21N3O4S. The van der Waals surface area contributed by atoms with Crippen LogP contribution in [0.5, 0.6) is 17.2 Å². The summed E-state index contributed by atoms with van der Waals surface area (Å²) in [4.78, 5) is 15.3. The molecule has 178 valence electrons. The van der Waals surface area contributed by atoms with Gasteiger partial charge in [0.2, 0.25) is 0 Å². The van der Waals surface area contributed by atoms with Crippen LogP contribution in [0.15, 0.2) is 117 Å². The zero-order valence-corrected chi connectivity index (χ0v) is 19.8. The molecule has 0 atom stereocenters. The summed E-state index contributed by atoms with van der Waals surface area (Å²) >= 11 is 1.22. The Kier molecular flexibility index (Phi) is 6.95. The van der Waals surface area contributed by atoms with Crippen LogP contribution in [0.4, 0.5) is 0 Å². The van der Waals surface area contributed by atoms with Crippen molar-refractivity contribution in [3.8, 4) is 17.2 Å². The molecule has 0 saturated carbocycles. The van der Waals surface area contributed by atoms with E-state index >= 15 is 0 Å². The summed E-state index contributed by atoms with van der Waals surface area (Å²) in [5, 5.41) is 18.7. The highest BCUT2D eigenvalue weighted by Crippen LogP contribution is 2.34. The van der Waals surface area contributed by atoms with Crippen molar-refractivity contribution in [3.05, 3.63) is 119 Å². The van der Waals surface area contributed by atoms with Gasteiger partial charge in [-0.2, -0.15) is 5.10 Å². The lowest BCUT2D eigenvalue weighted by molar-refractivity contribution is -0.122. The third-order valence-electron chi connectivity index (χ3n) is 5.19. The van der Waals surface area contributed by atoms with Crippen LogP contribution in [0.1, 0.15) is 16.9 Å². The van der Waals surface area contributed by atoms with Crippen molar-refractivity contribution < 1.29 is 19.1 Å². The minimum absolute atomic E-state index is 0.0993. The second kappa shape index (κ2) is 10.8. The number of phenols is 1. The number of carbonyl (C=O) groups excluding carboxylic acids is 1. The number of amides is 1. The van der Waals surface area contributed by atoms with E-state index in [0.717, 1.165) is 11.3 Å². The van der Waals surface area contributed by atoms with E-state index in [4.69, 9.17) is 9.15 Å². The zero-order chi connectivity index (χ0) is 24.7. The number of furan rings is 1. The molecule has 1 aliphatic rings. The number of para-hydroxylation sites is 2. The maximum absolute atomic E-state index is 13.3. The van der Waals surface area contributed by atoms with E-state index < -0.39 is 0 Å². The Morgan fingerprint density at radius 3 is 2.56 bits per heavy atom. The number of rotatable bonds is 7. The van der Waals surface area contributed by atoms with Gasteiger partial charge in [-0.3, -0.25) is 9.69 Å². The number of aromatic hydroxyl groups is 1. The van der Waals surface area contributed by atoms with Crippen molar-refractivity contribution in [2.75, 3.05) is 0 Å². The predicted octanol–water partition coefficient (Wildman–Crippen LogP) is 6.28. The molecule has 0 unspecified atom stereocenters. The lowest BCUT2D eigenvalue weighted by Crippen LogP contribution is -2.28. The fraction of sp³-hybridized carbons (Fsp3) is 0.0357. The van der Waals surface area contributed by atoms with E-state index in [1.54, 1.807) is 48.7 Å². The number of nitrogens with zero attached hydrogens (tertiary/aromatic N) is 3. The Hall–Kier alpha value is -4.56. The van der Waals surface area contributed by atoms with E-state index in [0.29, 0.717) is 27.1 Å². The molecule has 8 heteroatoms. The standard InChI is InChI=1S/C28H21N3O4S/c32-25-14-5-4-9-21(25)18-29-30-28-31(19-24-13-7-15-34-24)27(33)26(36-28)17-20-8-6-12-23(16-20)35-22-10-2-1-3-11-22/h1-18,32H,19H2/b26-17-,29-18-,30-28+. The zero-order valence-electron chi connectivity index (χ0n) is 19.0. The van der Waals surface area contributed by atoms with Crippen LogP contribution in [0.25, 0.3) is 6.08 Å². The molecular weight excluding hydrogens is 474 g/mol. The van der Waals surface area contributed by atoms with Gasteiger partial charge in [0.25, 0.3) is 5.91 Å². The first-order valence-electron chi connectivity index (χ1n) is 11.1. The second-order valence-electron chi connectivity index (χ2n) is 7.75. The minimum atomic E-state index is -0.206. The normalized spacial score (nSPS) is 15.9. The molecule has 1 aliphatic heterocycles. The van der Waals surface area contributed by atoms with Crippen LogP contribution in [-0.4, -0.2) is 27.3 Å². The van der Waals surface area contributed by atoms with Gasteiger partial charge >= 0.3 is 0 Å². The first kappa shape index (κ1) is 23.2. The Morgan fingerprint density at radius 2 is 1.75 bits per heavy atom. The number of carbonyl (C=O) groups is 1. The summed E-state index contributed by atoms with van der Waals surface area (Å²) in [6.07, 6.45) is 4.81. The third kappa shape index (κ3) is 5.56. The SMILES string of the molecule is O=C1/C(=C/c2cccc(Oc3ccccc3)c2)S/C(=N/N=C\c2ccccc2O)N1Cc1ccco1. The molecule has 0 spiro atoms. The highest BCUT2D eigenvalue weighted by Gasteiger charge is 2.34. The van der Waals surface area contributed by atoms with Crippen molar-refractivity contribution >= 4 is 35.1 Å². The number of hydrogen-bond acceptors (Lipinski definition) is 7. The van der Waals surface area contributed by atoms with Crippen LogP contribution in [-0.2, 0) is 11.3 Å². The average Bonchev–Trinajstić information content (AvgIpc) is 3.50. The maximum atomic E-state index is 13.3. The van der Waals surface area contributed by atoms with Crippen LogP contribution < -0.4 is 4.74 Å². The van der Waals surface area contributed by atoms with Crippen molar-refractivity contribution in [1.82, 2.24) is 4.90 Å². The number of phenolic OH excluding ortho intramolecular Hbond substituents is 1. The Labute approximate surface area is 212 Å². The number of amidine groups is 1. The highest BCUT2D eigenvalue weighted by atomic mass is 32.2. The number of hydrogen-bond donors (Lipinski definition) is 1. The van der Waals surface area contributed by atoms with Crippen molar-refractivity contribution in [3.63, 3.8) is 0 Å². The van der Waals surface area contributed by atoms with Crippen molar-refractivity contribution in [2.45, 2.75) is 6.54 Å². The van der Waals surface area contributed by atoms with Crippen molar-refractivity contribution in [1.29, 1.82) is 0 Å². The maximum Gasteiger partial charge on any atom is 0.267 e. The summed E-state index contributed by atoms with van der Waals surface area (Å²) in [6, 6.07) is 27.4. The van der Waals surface area contributed by atoms with E-state index in [1.165, 1.54) is 22.9 Å². The lowest BCUT2D eigenvalue weighted by atomic mass is 10.2. The lowest BCUT2D eigenvalue weighted by Gasteiger charge is -2.12. The molecule has 7 nitrogen and oxygen atoms in total. The van der Waals surface area contributed by atoms with Gasteiger partial charge in [0.1, 0.15) is 23.0 Å². The molecule has 1 N–H and O–H groups in total. The van der Waals surface area contributed by atoms with E-state index in [1.807, 2.05) is 54.6 Å². The predicted molar refractivity (Wildman–Crippen MR) is 141 cm³/mol. The van der Waals surface area contributed by atoms with Gasteiger partial charge in [-0.25, -0.2) is 0 Å². The van der Waals surface area contributed by atoms with Gasteiger partial charge in [0.15, 0.2) is 5.17 Å². The smallest absolute Gasteiger partial charge is 0.267 e. The number of ether oxygens (including phenoxy) is 1. The highest BCUT2D eigenvalue weighted by molar-refractivity contribution is 8.18. The summed E-state index contributed by atoms with van der Waals surface area (Å²) in [7, 11) is 0. The van der Waals surface area contributed by atoms with Gasteiger partial charge in [0, 0.05) is 5.56 Å². The minimum Gasteiger partial charge on any atom is -0.507 e. The monoisotopic (exact) mass is 495 g/mol. The van der Waals surface area contributed by atoms with Crippen LogP contribution in [0.2, 0.25) is 0 Å². The molecule has 4 aromatic rings. The van der Waals surface area contributed by atoms with Gasteiger partial charge in [-0.05, 0) is 71.9 Å². The molecule has 5 rings (SSSR count). The Bertz CT molecular complexity index is 1450. The van der Waals surface area contributed by atoms with E-state index in [9.17, 15) is 9.90 Å². The molecule has 0 aliphatic carbocycles. The van der Waals surface area contributed by atoms with Gasteiger partial charge in [-0.1, -0.05) is 42.5 Å². The van der Waals surface area contributed by atoms with Crippen molar-refractivity contribution in [2.24, 2.45) is 10.2 Å². The molecule has 1 amide bonds. The number of benzene rings is 3. The van der Waals surface area contributed by atoms with Gasteiger partial charge < -0.3 is 14.3 Å². The topological polar surface area (TPSA) is 87.6 Å². The van der Waals surface area contributed by atoms with Crippen LogP contribution >= 0.6 is 11.8 Å². The summed E-state index contributed by atoms with van der Waals surface area (Å²) in [6.45, 7) is 0.221. The van der Waals surface area contributed by atoms with Gasteiger partial charge in [-0.15, -0.1) is 5.10 Å². The molecule has 1 saturated heterocycles. The van der Waals surface area contributed by atoms with E-state index in [-0.39, 0.29) is 18.2 Å². The molecule has 36 heavy (non-hydrogen) atoms. The van der Waals surface area contributed by atoms with Crippen LogP contribution in [0, 0.1) is 0 Å². The second-order valence-corrected chi connectivity index (χ2v) is 8.76. The Morgan fingerprint density at radius 1 is 0.944 bits per heavy atom. The quantitative estimate of drug-likeness (QED) is 0.185. The van der Waals surface area contributed by atoms with Gasteiger partial charge in [0.05, 0.1) is 23.9 Å². The third-order valence-corrected chi connectivity index (χ3v) is 6.19. The summed E-state index contributed by atoms with van der Waals surface area (Å²) in [5.74, 6) is 1.92. The molecule has 3 aromatic carbocycles. The molecule has 0 bridgehead atoms. The average molecular weight is 496 g/mol. The summed E-state index contributed by atoms with van der Waals surface area (Å²) in [5.41, 5.74) is 1.34. The molecule has 1 fully saturated rings.